The molecule has 0 aliphatic heterocycles. The van der Waals surface area contributed by atoms with Crippen LogP contribution < -0.4 is 5.56 Å². The van der Waals surface area contributed by atoms with E-state index in [-0.39, 0.29) is 12.2 Å². The molecule has 3 aromatic heterocycles. The molecule has 5 aromatic rings. The molecule has 0 aliphatic carbocycles. The molecular weight excluding hydrogens is 408 g/mol. The molecule has 2 aromatic carbocycles. The number of ether oxygens (including phenoxy) is 1. The fourth-order valence-corrected chi connectivity index (χ4v) is 4.12. The average Bonchev–Trinajstić information content (AvgIpc) is 3.36. The van der Waals surface area contributed by atoms with Gasteiger partial charge in [0.05, 0.1) is 23.2 Å². The zero-order valence-electron chi connectivity index (χ0n) is 17.8. The van der Waals surface area contributed by atoms with Crippen LogP contribution in [-0.4, -0.2) is 42.5 Å². The number of rotatable bonds is 3. The zero-order valence-corrected chi connectivity index (χ0v) is 17.8. The van der Waals surface area contributed by atoms with E-state index in [9.17, 15) is 9.59 Å². The SMILES string of the molecule is CCOC(=O)n1c2ccccc2c2[nH]c(=O)c(C)c(-c3cccc(-c4nnnn4C)c3)c21. The van der Waals surface area contributed by atoms with E-state index in [4.69, 9.17) is 4.74 Å². The van der Waals surface area contributed by atoms with Crippen LogP contribution in [0.3, 0.4) is 0 Å². The summed E-state index contributed by atoms with van der Waals surface area (Å²) in [5.41, 5.74) is 4.35. The molecule has 0 spiro atoms. The molecule has 5 rings (SSSR count). The summed E-state index contributed by atoms with van der Waals surface area (Å²) >= 11 is 0. The smallest absolute Gasteiger partial charge is 0.419 e. The van der Waals surface area contributed by atoms with E-state index < -0.39 is 6.09 Å². The van der Waals surface area contributed by atoms with Crippen LogP contribution in [0.4, 0.5) is 4.79 Å². The lowest BCUT2D eigenvalue weighted by Gasteiger charge is -2.13. The van der Waals surface area contributed by atoms with Crippen LogP contribution in [0.15, 0.2) is 53.3 Å². The molecule has 9 heteroatoms. The van der Waals surface area contributed by atoms with Gasteiger partial charge in [-0.25, -0.2) is 14.0 Å². The van der Waals surface area contributed by atoms with E-state index in [1.54, 1.807) is 25.6 Å². The van der Waals surface area contributed by atoms with Gasteiger partial charge >= 0.3 is 6.09 Å². The average molecular weight is 428 g/mol. The van der Waals surface area contributed by atoms with Gasteiger partial charge in [0.1, 0.15) is 0 Å². The highest BCUT2D eigenvalue weighted by Gasteiger charge is 2.23. The first-order chi connectivity index (χ1) is 15.5. The van der Waals surface area contributed by atoms with Crippen LogP contribution >= 0.6 is 0 Å². The third-order valence-electron chi connectivity index (χ3n) is 5.55. The minimum atomic E-state index is -0.500. The van der Waals surface area contributed by atoms with E-state index in [0.29, 0.717) is 33.5 Å². The number of aryl methyl sites for hydroxylation is 1. The molecule has 0 saturated heterocycles. The Morgan fingerprint density at radius 3 is 2.66 bits per heavy atom. The van der Waals surface area contributed by atoms with Crippen molar-refractivity contribution in [1.29, 1.82) is 0 Å². The maximum Gasteiger partial charge on any atom is 0.419 e. The first kappa shape index (κ1) is 19.7. The van der Waals surface area contributed by atoms with E-state index in [1.807, 2.05) is 48.5 Å². The molecule has 0 atom stereocenters. The molecule has 160 valence electrons. The zero-order chi connectivity index (χ0) is 22.4. The van der Waals surface area contributed by atoms with E-state index in [2.05, 4.69) is 20.5 Å². The van der Waals surface area contributed by atoms with Gasteiger partial charge in [-0.1, -0.05) is 36.4 Å². The highest BCUT2D eigenvalue weighted by Crippen LogP contribution is 2.36. The Kier molecular flexibility index (Phi) is 4.58. The summed E-state index contributed by atoms with van der Waals surface area (Å²) in [7, 11) is 1.76. The van der Waals surface area contributed by atoms with Gasteiger partial charge in [-0.05, 0) is 42.0 Å². The van der Waals surface area contributed by atoms with Crippen molar-refractivity contribution in [2.45, 2.75) is 13.8 Å². The number of para-hydroxylation sites is 1. The van der Waals surface area contributed by atoms with Gasteiger partial charge < -0.3 is 9.72 Å². The monoisotopic (exact) mass is 428 g/mol. The van der Waals surface area contributed by atoms with Crippen LogP contribution in [0.25, 0.3) is 44.5 Å². The minimum Gasteiger partial charge on any atom is -0.449 e. The number of carbonyl (C=O) groups excluding carboxylic acids is 1. The van der Waals surface area contributed by atoms with Crippen molar-refractivity contribution in [3.8, 4) is 22.5 Å². The Hall–Kier alpha value is -4.27. The molecule has 0 saturated carbocycles. The number of aromatic amines is 1. The van der Waals surface area contributed by atoms with Crippen LogP contribution in [-0.2, 0) is 11.8 Å². The number of hydrogen-bond donors (Lipinski definition) is 1. The number of pyridine rings is 1. The van der Waals surface area contributed by atoms with Crippen LogP contribution in [0.2, 0.25) is 0 Å². The summed E-state index contributed by atoms with van der Waals surface area (Å²) in [6, 6.07) is 15.0. The number of nitrogens with zero attached hydrogens (tertiary/aromatic N) is 5. The predicted molar refractivity (Wildman–Crippen MR) is 120 cm³/mol. The van der Waals surface area contributed by atoms with Gasteiger partial charge in [0.15, 0.2) is 5.82 Å². The summed E-state index contributed by atoms with van der Waals surface area (Å²) in [5.74, 6) is 0.594. The van der Waals surface area contributed by atoms with Gasteiger partial charge in [0.25, 0.3) is 5.56 Å². The molecule has 0 radical (unpaired) electrons. The van der Waals surface area contributed by atoms with E-state index >= 15 is 0 Å². The predicted octanol–water partition coefficient (Wildman–Crippen LogP) is 3.65. The number of H-pyrrole nitrogens is 1. The molecule has 9 nitrogen and oxygen atoms in total. The fourth-order valence-electron chi connectivity index (χ4n) is 4.12. The van der Waals surface area contributed by atoms with Crippen molar-refractivity contribution in [3.05, 3.63) is 64.4 Å². The van der Waals surface area contributed by atoms with Crippen molar-refractivity contribution in [3.63, 3.8) is 0 Å². The van der Waals surface area contributed by atoms with Gasteiger partial charge in [-0.3, -0.25) is 4.79 Å². The molecule has 0 aliphatic rings. The summed E-state index contributed by atoms with van der Waals surface area (Å²) in [6.07, 6.45) is -0.500. The van der Waals surface area contributed by atoms with Crippen molar-refractivity contribution < 1.29 is 9.53 Å². The Morgan fingerprint density at radius 1 is 1.12 bits per heavy atom. The highest BCUT2D eigenvalue weighted by atomic mass is 16.5. The molecule has 1 N–H and O–H groups in total. The van der Waals surface area contributed by atoms with Crippen LogP contribution in [0.5, 0.6) is 0 Å². The number of nitrogens with one attached hydrogen (secondary N) is 1. The Morgan fingerprint density at radius 2 is 1.91 bits per heavy atom. The maximum absolute atomic E-state index is 13.0. The van der Waals surface area contributed by atoms with E-state index in [1.165, 1.54) is 4.57 Å². The summed E-state index contributed by atoms with van der Waals surface area (Å²) in [4.78, 5) is 28.9. The second-order valence-corrected chi connectivity index (χ2v) is 7.44. The number of benzene rings is 2. The van der Waals surface area contributed by atoms with Gasteiger partial charge in [-0.15, -0.1) is 5.10 Å². The van der Waals surface area contributed by atoms with Crippen molar-refractivity contribution >= 4 is 28.0 Å². The van der Waals surface area contributed by atoms with Gasteiger partial charge in [0, 0.05) is 29.1 Å². The molecule has 3 heterocycles. The Bertz CT molecular complexity index is 1560. The second-order valence-electron chi connectivity index (χ2n) is 7.44. The summed E-state index contributed by atoms with van der Waals surface area (Å²) < 4.78 is 8.47. The molecule has 0 unspecified atom stereocenters. The first-order valence-corrected chi connectivity index (χ1v) is 10.2. The quantitative estimate of drug-likeness (QED) is 0.470. The lowest BCUT2D eigenvalue weighted by atomic mass is 9.98. The van der Waals surface area contributed by atoms with Gasteiger partial charge in [0.2, 0.25) is 0 Å². The van der Waals surface area contributed by atoms with Crippen LogP contribution in [0, 0.1) is 6.92 Å². The highest BCUT2D eigenvalue weighted by molar-refractivity contribution is 6.15. The largest absolute Gasteiger partial charge is 0.449 e. The number of fused-ring (bicyclic) bond motifs is 3. The fraction of sp³-hybridized carbons (Fsp3) is 0.174. The molecule has 32 heavy (non-hydrogen) atoms. The number of tetrazole rings is 1. The molecule has 0 amide bonds. The first-order valence-electron chi connectivity index (χ1n) is 10.2. The lowest BCUT2D eigenvalue weighted by Crippen LogP contribution is -2.16. The number of carbonyl (C=O) groups is 1. The van der Waals surface area contributed by atoms with Crippen LogP contribution in [0.1, 0.15) is 12.5 Å². The van der Waals surface area contributed by atoms with Crippen molar-refractivity contribution in [2.75, 3.05) is 6.61 Å². The summed E-state index contributed by atoms with van der Waals surface area (Å²) in [5, 5.41) is 12.5. The van der Waals surface area contributed by atoms with Crippen molar-refractivity contribution in [1.82, 2.24) is 29.8 Å². The normalized spacial score (nSPS) is 11.3. The van der Waals surface area contributed by atoms with E-state index in [0.717, 1.165) is 16.5 Å². The molecule has 0 bridgehead atoms. The third kappa shape index (κ3) is 2.89. The minimum absolute atomic E-state index is 0.218. The summed E-state index contributed by atoms with van der Waals surface area (Å²) in [6.45, 7) is 3.74. The second kappa shape index (κ2) is 7.45. The standard InChI is InChI=1S/C23H20N6O3/c1-4-32-23(31)29-17-11-6-5-10-16(17)19-20(29)18(13(2)22(30)24-19)14-8-7-9-15(12-14)21-25-26-27-28(21)3/h5-12H,4H2,1-3H3,(H,24,30). The van der Waals surface area contributed by atoms with Crippen molar-refractivity contribution in [2.24, 2.45) is 7.05 Å². The molecular formula is C23H20N6O3. The third-order valence-corrected chi connectivity index (χ3v) is 5.55. The molecule has 0 fully saturated rings. The van der Waals surface area contributed by atoms with Gasteiger partial charge in [-0.2, -0.15) is 0 Å². The maximum atomic E-state index is 13.0. The lowest BCUT2D eigenvalue weighted by molar-refractivity contribution is 0.156. The number of aromatic nitrogens is 6. The number of hydrogen-bond acceptors (Lipinski definition) is 6. The Balaban J connectivity index is 1.90. The topological polar surface area (TPSA) is 108 Å². The Labute approximate surface area is 182 Å².